The summed E-state index contributed by atoms with van der Waals surface area (Å²) in [5.74, 6) is -2.25. The molecule has 0 fully saturated rings. The van der Waals surface area contributed by atoms with E-state index in [0.29, 0.717) is 11.3 Å². The van der Waals surface area contributed by atoms with Crippen molar-refractivity contribution in [2.75, 3.05) is 11.9 Å². The number of amides is 2. The molecule has 8 nitrogen and oxygen atoms in total. The van der Waals surface area contributed by atoms with Crippen LogP contribution in [0.1, 0.15) is 34.2 Å². The highest BCUT2D eigenvalue weighted by Crippen LogP contribution is 2.21. The summed E-state index contributed by atoms with van der Waals surface area (Å²) in [5.41, 5.74) is 6.71. The van der Waals surface area contributed by atoms with Crippen molar-refractivity contribution in [3.05, 3.63) is 81.6 Å². The van der Waals surface area contributed by atoms with E-state index in [2.05, 4.69) is 36.3 Å². The van der Waals surface area contributed by atoms with Gasteiger partial charge in [0.15, 0.2) is 0 Å². The molecular formula is C24H23BrN4O4. The van der Waals surface area contributed by atoms with E-state index in [4.69, 9.17) is 4.74 Å². The second-order valence-corrected chi connectivity index (χ2v) is 8.01. The molecule has 0 aliphatic rings. The first kappa shape index (κ1) is 23.9. The Morgan fingerprint density at radius 2 is 1.70 bits per heavy atom. The lowest BCUT2D eigenvalue weighted by Crippen LogP contribution is -2.32. The average Bonchev–Trinajstić information content (AvgIpc) is 3.08. The first-order chi connectivity index (χ1) is 15.8. The van der Waals surface area contributed by atoms with Crippen molar-refractivity contribution in [2.24, 2.45) is 5.10 Å². The Morgan fingerprint density at radius 3 is 2.33 bits per heavy atom. The minimum absolute atomic E-state index is 0.270. The third-order valence-electron chi connectivity index (χ3n) is 4.78. The van der Waals surface area contributed by atoms with E-state index in [1.54, 1.807) is 6.92 Å². The van der Waals surface area contributed by atoms with Gasteiger partial charge in [-0.05, 0) is 75.4 Å². The molecule has 0 unspecified atom stereocenters. The number of aryl methyl sites for hydroxylation is 1. The smallest absolute Gasteiger partial charge is 0.338 e. The number of anilines is 1. The van der Waals surface area contributed by atoms with Gasteiger partial charge in [0.05, 0.1) is 18.4 Å². The molecule has 0 aliphatic carbocycles. The van der Waals surface area contributed by atoms with Crippen molar-refractivity contribution in [3.8, 4) is 5.69 Å². The fourth-order valence-electron chi connectivity index (χ4n) is 3.21. The van der Waals surface area contributed by atoms with E-state index in [1.807, 2.05) is 44.2 Å². The van der Waals surface area contributed by atoms with E-state index in [1.165, 1.54) is 30.5 Å². The summed E-state index contributed by atoms with van der Waals surface area (Å²) in [6.45, 7) is 5.91. The Hall–Kier alpha value is -3.72. The van der Waals surface area contributed by atoms with Crippen molar-refractivity contribution in [1.29, 1.82) is 0 Å². The fourth-order valence-corrected chi connectivity index (χ4v) is 3.47. The van der Waals surface area contributed by atoms with E-state index in [9.17, 15) is 14.4 Å². The summed E-state index contributed by atoms with van der Waals surface area (Å²) in [6.07, 6.45) is 1.50. The second kappa shape index (κ2) is 10.7. The normalized spacial score (nSPS) is 10.8. The van der Waals surface area contributed by atoms with E-state index < -0.39 is 17.8 Å². The number of carbonyl (C=O) groups excluding carboxylic acids is 3. The van der Waals surface area contributed by atoms with Crippen molar-refractivity contribution in [3.63, 3.8) is 0 Å². The summed E-state index contributed by atoms with van der Waals surface area (Å²) in [7, 11) is 0. The summed E-state index contributed by atoms with van der Waals surface area (Å²) in [5, 5.41) is 6.37. The largest absolute Gasteiger partial charge is 0.462 e. The van der Waals surface area contributed by atoms with E-state index in [-0.39, 0.29) is 6.61 Å². The molecule has 33 heavy (non-hydrogen) atoms. The second-order valence-electron chi connectivity index (χ2n) is 7.09. The van der Waals surface area contributed by atoms with E-state index >= 15 is 0 Å². The zero-order chi connectivity index (χ0) is 24.0. The molecule has 3 rings (SSSR count). The first-order valence-electron chi connectivity index (χ1n) is 10.2. The van der Waals surface area contributed by atoms with Gasteiger partial charge in [-0.25, -0.2) is 10.2 Å². The van der Waals surface area contributed by atoms with Crippen LogP contribution in [0.3, 0.4) is 0 Å². The molecular weight excluding hydrogens is 488 g/mol. The molecule has 3 aromatic rings. The number of nitrogens with one attached hydrogen (secondary N) is 2. The van der Waals surface area contributed by atoms with Crippen LogP contribution in [0.2, 0.25) is 0 Å². The highest BCUT2D eigenvalue weighted by Gasteiger charge is 2.14. The number of aromatic nitrogens is 1. The Kier molecular flexibility index (Phi) is 7.78. The number of hydrazone groups is 1. The topological polar surface area (TPSA) is 102 Å². The van der Waals surface area contributed by atoms with Gasteiger partial charge in [0.25, 0.3) is 0 Å². The first-order valence-corrected chi connectivity index (χ1v) is 11.0. The number of halogens is 1. The number of hydrogen-bond acceptors (Lipinski definition) is 5. The molecule has 1 heterocycles. The van der Waals surface area contributed by atoms with Gasteiger partial charge in [-0.15, -0.1) is 0 Å². The monoisotopic (exact) mass is 510 g/mol. The molecule has 0 radical (unpaired) electrons. The lowest BCUT2D eigenvalue weighted by molar-refractivity contribution is -0.136. The van der Waals surface area contributed by atoms with Crippen LogP contribution in [0.25, 0.3) is 5.69 Å². The van der Waals surface area contributed by atoms with Crippen LogP contribution in [0.15, 0.2) is 64.2 Å². The van der Waals surface area contributed by atoms with Gasteiger partial charge in [-0.1, -0.05) is 15.9 Å². The number of esters is 1. The van der Waals surface area contributed by atoms with Crippen LogP contribution < -0.4 is 10.7 Å². The van der Waals surface area contributed by atoms with Crippen LogP contribution in [-0.2, 0) is 14.3 Å². The molecule has 0 saturated heterocycles. The lowest BCUT2D eigenvalue weighted by Gasteiger charge is -2.09. The summed E-state index contributed by atoms with van der Waals surface area (Å²) in [6, 6.07) is 15.9. The predicted molar refractivity (Wildman–Crippen MR) is 130 cm³/mol. The highest BCUT2D eigenvalue weighted by molar-refractivity contribution is 9.10. The highest BCUT2D eigenvalue weighted by atomic mass is 79.9. The van der Waals surface area contributed by atoms with Gasteiger partial charge >= 0.3 is 17.8 Å². The minimum atomic E-state index is -0.914. The van der Waals surface area contributed by atoms with Gasteiger partial charge in [0, 0.05) is 32.8 Å². The fraction of sp³-hybridized carbons (Fsp3) is 0.167. The van der Waals surface area contributed by atoms with E-state index in [0.717, 1.165) is 27.1 Å². The van der Waals surface area contributed by atoms with Crippen molar-refractivity contribution < 1.29 is 19.1 Å². The SMILES string of the molecule is CCOC(=O)c1ccc(NC(=O)C(=O)N/N=C\c2cc(C)n(-c3ccc(Br)cc3)c2C)cc1. The molecule has 0 bridgehead atoms. The Bertz CT molecular complexity index is 1200. The van der Waals surface area contributed by atoms with Gasteiger partial charge in [0.1, 0.15) is 0 Å². The number of carbonyl (C=O) groups is 3. The minimum Gasteiger partial charge on any atom is -0.462 e. The molecule has 0 spiro atoms. The maximum atomic E-state index is 12.1. The molecule has 1 aromatic heterocycles. The number of ether oxygens (including phenoxy) is 1. The summed E-state index contributed by atoms with van der Waals surface area (Å²) < 4.78 is 7.97. The molecule has 0 saturated carbocycles. The molecule has 2 N–H and O–H groups in total. The van der Waals surface area contributed by atoms with Gasteiger partial charge in [0.2, 0.25) is 0 Å². The van der Waals surface area contributed by atoms with Crippen LogP contribution in [0.5, 0.6) is 0 Å². The number of nitrogens with zero attached hydrogens (tertiary/aromatic N) is 2. The summed E-state index contributed by atoms with van der Waals surface area (Å²) >= 11 is 3.43. The molecule has 2 amide bonds. The number of benzene rings is 2. The van der Waals surface area contributed by atoms with Crippen LogP contribution >= 0.6 is 15.9 Å². The third kappa shape index (κ3) is 5.95. The standard InChI is InChI=1S/C24H23BrN4O4/c1-4-33-24(32)17-5-9-20(10-6-17)27-22(30)23(31)28-26-14-18-13-15(2)29(16(18)3)21-11-7-19(25)8-12-21/h5-14H,4H2,1-3H3,(H,27,30)(H,28,31)/b26-14-. The number of hydrogen-bond donors (Lipinski definition) is 2. The summed E-state index contributed by atoms with van der Waals surface area (Å²) in [4.78, 5) is 35.9. The Labute approximate surface area is 199 Å². The molecule has 2 aromatic carbocycles. The Balaban J connectivity index is 1.61. The maximum absolute atomic E-state index is 12.1. The molecule has 0 aliphatic heterocycles. The Morgan fingerprint density at radius 1 is 1.03 bits per heavy atom. The van der Waals surface area contributed by atoms with Crippen molar-refractivity contribution >= 4 is 45.6 Å². The van der Waals surface area contributed by atoms with Gasteiger partial charge in [-0.3, -0.25) is 9.59 Å². The van der Waals surface area contributed by atoms with Crippen LogP contribution in [-0.4, -0.2) is 35.2 Å². The van der Waals surface area contributed by atoms with Crippen molar-refractivity contribution in [2.45, 2.75) is 20.8 Å². The average molecular weight is 511 g/mol. The lowest BCUT2D eigenvalue weighted by atomic mass is 10.2. The molecule has 0 atom stereocenters. The quantitative estimate of drug-likeness (QED) is 0.225. The molecule has 170 valence electrons. The zero-order valence-electron chi connectivity index (χ0n) is 18.4. The maximum Gasteiger partial charge on any atom is 0.338 e. The van der Waals surface area contributed by atoms with Crippen molar-refractivity contribution in [1.82, 2.24) is 9.99 Å². The van der Waals surface area contributed by atoms with Gasteiger partial charge < -0.3 is 14.6 Å². The number of rotatable bonds is 6. The predicted octanol–water partition coefficient (Wildman–Crippen LogP) is 4.12. The zero-order valence-corrected chi connectivity index (χ0v) is 20.0. The van der Waals surface area contributed by atoms with Crippen LogP contribution in [0, 0.1) is 13.8 Å². The molecule has 9 heteroatoms. The van der Waals surface area contributed by atoms with Crippen LogP contribution in [0.4, 0.5) is 5.69 Å². The van der Waals surface area contributed by atoms with Gasteiger partial charge in [-0.2, -0.15) is 5.10 Å². The third-order valence-corrected chi connectivity index (χ3v) is 5.31.